The van der Waals surface area contributed by atoms with E-state index in [0.29, 0.717) is 12.1 Å². The molecule has 80 valence electrons. The van der Waals surface area contributed by atoms with Gasteiger partial charge in [0.25, 0.3) is 0 Å². The molecule has 3 nitrogen and oxygen atoms in total. The van der Waals surface area contributed by atoms with Gasteiger partial charge in [-0.15, -0.1) is 0 Å². The molecule has 2 N–H and O–H groups in total. The van der Waals surface area contributed by atoms with E-state index in [2.05, 4.69) is 4.90 Å². The van der Waals surface area contributed by atoms with Crippen molar-refractivity contribution in [1.82, 2.24) is 0 Å². The first-order valence-corrected chi connectivity index (χ1v) is 5.24. The first-order chi connectivity index (χ1) is 7.09. The van der Waals surface area contributed by atoms with E-state index in [9.17, 15) is 4.79 Å². The molecule has 0 spiro atoms. The maximum atomic E-state index is 11.9. The molecule has 0 aliphatic carbocycles. The Hall–Kier alpha value is -1.51. The van der Waals surface area contributed by atoms with E-state index < -0.39 is 0 Å². The molecule has 0 amide bonds. The zero-order valence-corrected chi connectivity index (χ0v) is 9.21. The highest BCUT2D eigenvalue weighted by Gasteiger charge is 2.20. The van der Waals surface area contributed by atoms with Crippen molar-refractivity contribution in [1.29, 1.82) is 0 Å². The van der Waals surface area contributed by atoms with Crippen LogP contribution >= 0.6 is 0 Å². The van der Waals surface area contributed by atoms with Gasteiger partial charge in [-0.1, -0.05) is 0 Å². The van der Waals surface area contributed by atoms with Crippen LogP contribution in [0.5, 0.6) is 0 Å². The van der Waals surface area contributed by atoms with Crippen LogP contribution in [0.4, 0.5) is 11.4 Å². The van der Waals surface area contributed by atoms with Crippen molar-refractivity contribution in [3.63, 3.8) is 0 Å². The number of carbonyl (C=O) groups is 1. The molecular weight excluding hydrogens is 188 g/mol. The Kier molecular flexibility index (Phi) is 2.39. The van der Waals surface area contributed by atoms with Crippen molar-refractivity contribution < 1.29 is 4.79 Å². The van der Waals surface area contributed by atoms with Crippen LogP contribution < -0.4 is 10.6 Å². The predicted molar refractivity (Wildman–Crippen MR) is 62.4 cm³/mol. The molecule has 0 aromatic heterocycles. The molecule has 0 fully saturated rings. The van der Waals surface area contributed by atoms with Gasteiger partial charge in [0.1, 0.15) is 0 Å². The van der Waals surface area contributed by atoms with Gasteiger partial charge in [-0.3, -0.25) is 4.79 Å². The first-order valence-electron chi connectivity index (χ1n) is 5.24. The van der Waals surface area contributed by atoms with E-state index in [1.807, 2.05) is 20.0 Å². The summed E-state index contributed by atoms with van der Waals surface area (Å²) >= 11 is 0. The van der Waals surface area contributed by atoms with E-state index in [1.54, 1.807) is 6.07 Å². The number of anilines is 2. The van der Waals surface area contributed by atoms with Crippen molar-refractivity contribution in [3.8, 4) is 0 Å². The van der Waals surface area contributed by atoms with Crippen LogP contribution in [0.2, 0.25) is 0 Å². The van der Waals surface area contributed by atoms with Gasteiger partial charge in [0.15, 0.2) is 5.78 Å². The maximum absolute atomic E-state index is 11.9. The molecule has 2 rings (SSSR count). The molecular formula is C12H16N2O. The van der Waals surface area contributed by atoms with E-state index in [1.165, 1.54) is 0 Å². The third kappa shape index (κ3) is 1.69. The van der Waals surface area contributed by atoms with E-state index in [-0.39, 0.29) is 5.78 Å². The van der Waals surface area contributed by atoms with Crippen LogP contribution in [0, 0.1) is 6.92 Å². The summed E-state index contributed by atoms with van der Waals surface area (Å²) in [7, 11) is 2.03. The number of carbonyl (C=O) groups excluding carboxylic acids is 1. The van der Waals surface area contributed by atoms with Gasteiger partial charge in [0, 0.05) is 31.3 Å². The summed E-state index contributed by atoms with van der Waals surface area (Å²) < 4.78 is 0. The Bertz CT molecular complexity index is 412. The van der Waals surface area contributed by atoms with Gasteiger partial charge < -0.3 is 10.6 Å². The highest BCUT2D eigenvalue weighted by atomic mass is 16.1. The molecule has 3 heteroatoms. The fourth-order valence-electron chi connectivity index (χ4n) is 2.25. The number of rotatable bonds is 0. The summed E-state index contributed by atoms with van der Waals surface area (Å²) in [5.74, 6) is 0.213. The molecule has 1 aliphatic heterocycles. The molecule has 1 aromatic rings. The second-order valence-electron chi connectivity index (χ2n) is 4.18. The second-order valence-corrected chi connectivity index (χ2v) is 4.18. The minimum Gasteiger partial charge on any atom is -0.399 e. The summed E-state index contributed by atoms with van der Waals surface area (Å²) in [6, 6.07) is 3.72. The molecule has 1 aromatic carbocycles. The van der Waals surface area contributed by atoms with Crippen LogP contribution in [-0.4, -0.2) is 19.4 Å². The molecule has 0 bridgehead atoms. The Morgan fingerprint density at radius 3 is 2.87 bits per heavy atom. The van der Waals surface area contributed by atoms with Crippen molar-refractivity contribution >= 4 is 17.2 Å². The van der Waals surface area contributed by atoms with Gasteiger partial charge in [0.2, 0.25) is 0 Å². The van der Waals surface area contributed by atoms with Crippen LogP contribution in [0.25, 0.3) is 0 Å². The van der Waals surface area contributed by atoms with Crippen molar-refractivity contribution in [2.45, 2.75) is 19.8 Å². The average molecular weight is 204 g/mol. The molecule has 1 aliphatic rings. The minimum atomic E-state index is 0.213. The van der Waals surface area contributed by atoms with Gasteiger partial charge in [-0.2, -0.15) is 0 Å². The zero-order chi connectivity index (χ0) is 11.0. The molecule has 0 unspecified atom stereocenters. The predicted octanol–water partition coefficient (Wildman–Crippen LogP) is 1.99. The van der Waals surface area contributed by atoms with Gasteiger partial charge >= 0.3 is 0 Å². The zero-order valence-electron chi connectivity index (χ0n) is 9.21. The summed E-state index contributed by atoms with van der Waals surface area (Å²) in [5, 5.41) is 0. The van der Waals surface area contributed by atoms with Crippen LogP contribution in [0.3, 0.4) is 0 Å². The Morgan fingerprint density at radius 1 is 1.40 bits per heavy atom. The van der Waals surface area contributed by atoms with Crippen LogP contribution in [-0.2, 0) is 0 Å². The van der Waals surface area contributed by atoms with Gasteiger partial charge in [0.05, 0.1) is 5.69 Å². The second kappa shape index (κ2) is 3.57. The van der Waals surface area contributed by atoms with Gasteiger partial charge in [-0.05, 0) is 31.0 Å². The number of hydrogen-bond acceptors (Lipinski definition) is 3. The average Bonchev–Trinajstić information content (AvgIpc) is 2.27. The normalized spacial score (nSPS) is 16.1. The Morgan fingerprint density at radius 2 is 2.13 bits per heavy atom. The number of benzene rings is 1. The van der Waals surface area contributed by atoms with Crippen molar-refractivity contribution in [2.24, 2.45) is 0 Å². The molecule has 1 heterocycles. The standard InChI is InChI=1S/C12H16N2O/c1-8-6-9(13)7-10-11(15)4-3-5-14(2)12(8)10/h6-7H,3-5,13H2,1-2H3. The van der Waals surface area contributed by atoms with E-state index in [0.717, 1.165) is 29.8 Å². The minimum absolute atomic E-state index is 0.213. The number of nitrogens with two attached hydrogens (primary N) is 1. The van der Waals surface area contributed by atoms with Crippen molar-refractivity contribution in [3.05, 3.63) is 23.3 Å². The SMILES string of the molecule is Cc1cc(N)cc2c1N(C)CCCC2=O. The molecule has 15 heavy (non-hydrogen) atoms. The molecule has 0 saturated heterocycles. The summed E-state index contributed by atoms with van der Waals surface area (Å²) in [6.07, 6.45) is 1.55. The molecule has 0 atom stereocenters. The topological polar surface area (TPSA) is 46.3 Å². The molecule has 0 saturated carbocycles. The summed E-state index contributed by atoms with van der Waals surface area (Å²) in [4.78, 5) is 14.0. The van der Waals surface area contributed by atoms with Crippen LogP contribution in [0.1, 0.15) is 28.8 Å². The van der Waals surface area contributed by atoms with Crippen LogP contribution in [0.15, 0.2) is 12.1 Å². The number of Topliss-reactive ketones (excluding diaryl/α,β-unsaturated/α-hetero) is 1. The number of ketones is 1. The number of nitrogens with zero attached hydrogens (tertiary/aromatic N) is 1. The first kappa shape index (κ1) is 10.0. The fraction of sp³-hybridized carbons (Fsp3) is 0.417. The lowest BCUT2D eigenvalue weighted by atomic mass is 10.0. The number of fused-ring (bicyclic) bond motifs is 1. The van der Waals surface area contributed by atoms with E-state index >= 15 is 0 Å². The lowest BCUT2D eigenvalue weighted by molar-refractivity contribution is 0.0984. The van der Waals surface area contributed by atoms with Crippen molar-refractivity contribution in [2.75, 3.05) is 24.2 Å². The third-order valence-corrected chi connectivity index (χ3v) is 2.90. The summed E-state index contributed by atoms with van der Waals surface area (Å²) in [6.45, 7) is 2.94. The maximum Gasteiger partial charge on any atom is 0.165 e. The lowest BCUT2D eigenvalue weighted by Gasteiger charge is -2.21. The van der Waals surface area contributed by atoms with E-state index in [4.69, 9.17) is 5.73 Å². The number of hydrogen-bond donors (Lipinski definition) is 1. The largest absolute Gasteiger partial charge is 0.399 e. The smallest absolute Gasteiger partial charge is 0.165 e. The highest BCUT2D eigenvalue weighted by molar-refractivity contribution is 6.03. The fourth-order valence-corrected chi connectivity index (χ4v) is 2.25. The summed E-state index contributed by atoms with van der Waals surface area (Å²) in [5.41, 5.74) is 9.36. The lowest BCUT2D eigenvalue weighted by Crippen LogP contribution is -2.19. The van der Waals surface area contributed by atoms with Gasteiger partial charge in [-0.25, -0.2) is 0 Å². The number of nitrogen functional groups attached to an aromatic ring is 1. The quantitative estimate of drug-likeness (QED) is 0.657. The molecule has 0 radical (unpaired) electrons. The Labute approximate surface area is 89.9 Å². The Balaban J connectivity index is 2.64. The highest BCUT2D eigenvalue weighted by Crippen LogP contribution is 2.30. The monoisotopic (exact) mass is 204 g/mol. The number of aryl methyl sites for hydroxylation is 1. The third-order valence-electron chi connectivity index (χ3n) is 2.90.